The van der Waals surface area contributed by atoms with Gasteiger partial charge >= 0.3 is 0 Å². The number of nitrogens with zero attached hydrogens (tertiary/aromatic N) is 3. The fourth-order valence-electron chi connectivity index (χ4n) is 1.85. The van der Waals surface area contributed by atoms with Crippen molar-refractivity contribution in [2.75, 3.05) is 6.54 Å². The highest BCUT2D eigenvalue weighted by atomic mass is 15.4. The van der Waals surface area contributed by atoms with E-state index in [0.717, 1.165) is 24.9 Å². The molecule has 2 N–H and O–H groups in total. The van der Waals surface area contributed by atoms with Crippen molar-refractivity contribution < 1.29 is 0 Å². The Hall–Kier alpha value is -1.44. The van der Waals surface area contributed by atoms with Gasteiger partial charge in [-0.3, -0.25) is 10.8 Å². The molecule has 1 saturated heterocycles. The molecule has 1 aromatic rings. The van der Waals surface area contributed by atoms with Crippen molar-refractivity contribution in [3.8, 4) is 6.07 Å². The number of nitrogens with two attached hydrogens (primary N) is 1. The van der Waals surface area contributed by atoms with Crippen LogP contribution in [0.25, 0.3) is 0 Å². The van der Waals surface area contributed by atoms with E-state index in [0.29, 0.717) is 5.56 Å². The third-order valence-corrected chi connectivity index (χ3v) is 2.57. The summed E-state index contributed by atoms with van der Waals surface area (Å²) in [6.45, 7) is 0.918. The minimum absolute atomic E-state index is 0.232. The molecule has 1 fully saturated rings. The van der Waals surface area contributed by atoms with Crippen LogP contribution < -0.4 is 5.84 Å². The molecule has 0 spiro atoms. The van der Waals surface area contributed by atoms with E-state index in [1.165, 1.54) is 0 Å². The zero-order valence-corrected chi connectivity index (χ0v) is 7.85. The lowest BCUT2D eigenvalue weighted by atomic mass is 10.1. The van der Waals surface area contributed by atoms with E-state index in [1.54, 1.807) is 12.4 Å². The second-order valence-corrected chi connectivity index (χ2v) is 3.51. The molecule has 4 heteroatoms. The Kier molecular flexibility index (Phi) is 2.44. The van der Waals surface area contributed by atoms with Gasteiger partial charge in [0.05, 0.1) is 11.6 Å². The van der Waals surface area contributed by atoms with Crippen LogP contribution in [0.4, 0.5) is 0 Å². The van der Waals surface area contributed by atoms with Crippen LogP contribution >= 0.6 is 0 Å². The highest BCUT2D eigenvalue weighted by molar-refractivity contribution is 5.30. The molecule has 0 radical (unpaired) electrons. The predicted octanol–water partition coefficient (Wildman–Crippen LogP) is 0.964. The minimum atomic E-state index is 0.232. The predicted molar refractivity (Wildman–Crippen MR) is 51.8 cm³/mol. The maximum absolute atomic E-state index is 8.74. The molecule has 1 aliphatic heterocycles. The summed E-state index contributed by atoms with van der Waals surface area (Å²) < 4.78 is 0. The highest BCUT2D eigenvalue weighted by Crippen LogP contribution is 2.28. The lowest BCUT2D eigenvalue weighted by Gasteiger charge is -2.18. The molecular weight excluding hydrogens is 176 g/mol. The van der Waals surface area contributed by atoms with Crippen molar-refractivity contribution in [1.82, 2.24) is 9.99 Å². The summed E-state index contributed by atoms with van der Waals surface area (Å²) in [5.74, 6) is 5.83. The molecule has 0 amide bonds. The fraction of sp³-hybridized carbons (Fsp3) is 0.400. The van der Waals surface area contributed by atoms with Crippen LogP contribution in [0.15, 0.2) is 18.5 Å². The molecule has 14 heavy (non-hydrogen) atoms. The van der Waals surface area contributed by atoms with Gasteiger partial charge in [-0.15, -0.1) is 0 Å². The molecule has 1 aliphatic rings. The standard InChI is InChI=1S/C10H12N4/c11-5-8-4-9(7-13-6-8)10-2-1-3-14(10)12/h4,6-7,10H,1-3,12H2/t10-/m1/s1. The molecule has 72 valence electrons. The van der Waals surface area contributed by atoms with Gasteiger partial charge in [-0.25, -0.2) is 5.01 Å². The van der Waals surface area contributed by atoms with Crippen LogP contribution in [0.2, 0.25) is 0 Å². The topological polar surface area (TPSA) is 65.9 Å². The van der Waals surface area contributed by atoms with Crippen molar-refractivity contribution in [2.45, 2.75) is 18.9 Å². The third kappa shape index (κ3) is 1.60. The van der Waals surface area contributed by atoms with Gasteiger partial charge in [0, 0.05) is 18.9 Å². The summed E-state index contributed by atoms with van der Waals surface area (Å²) in [6.07, 6.45) is 5.51. The SMILES string of the molecule is N#Cc1cncc([C@H]2CCCN2N)c1. The van der Waals surface area contributed by atoms with E-state index in [-0.39, 0.29) is 6.04 Å². The average molecular weight is 188 g/mol. The van der Waals surface area contributed by atoms with Gasteiger partial charge < -0.3 is 0 Å². The number of pyridine rings is 1. The van der Waals surface area contributed by atoms with Gasteiger partial charge in [0.15, 0.2) is 0 Å². The van der Waals surface area contributed by atoms with E-state index in [1.807, 2.05) is 11.1 Å². The van der Waals surface area contributed by atoms with Crippen LogP contribution in [0.1, 0.15) is 30.0 Å². The van der Waals surface area contributed by atoms with Crippen LogP contribution in [0.5, 0.6) is 0 Å². The lowest BCUT2D eigenvalue weighted by Crippen LogP contribution is -2.30. The zero-order chi connectivity index (χ0) is 9.97. The largest absolute Gasteiger partial charge is 0.268 e. The first kappa shape index (κ1) is 9.13. The van der Waals surface area contributed by atoms with Gasteiger partial charge in [0.2, 0.25) is 0 Å². The Balaban J connectivity index is 2.28. The van der Waals surface area contributed by atoms with E-state index in [2.05, 4.69) is 11.1 Å². The maximum Gasteiger partial charge on any atom is 0.101 e. The van der Waals surface area contributed by atoms with Crippen LogP contribution in [0.3, 0.4) is 0 Å². The molecule has 0 saturated carbocycles. The number of nitriles is 1. The zero-order valence-electron chi connectivity index (χ0n) is 7.85. The molecule has 2 rings (SSSR count). The van der Waals surface area contributed by atoms with E-state index >= 15 is 0 Å². The molecule has 1 aromatic heterocycles. The second-order valence-electron chi connectivity index (χ2n) is 3.51. The molecule has 0 unspecified atom stereocenters. The maximum atomic E-state index is 8.74. The highest BCUT2D eigenvalue weighted by Gasteiger charge is 2.23. The molecular formula is C10H12N4. The number of hydrogen-bond acceptors (Lipinski definition) is 4. The molecule has 0 aromatic carbocycles. The molecule has 0 bridgehead atoms. The Morgan fingerprint density at radius 2 is 2.43 bits per heavy atom. The summed E-state index contributed by atoms with van der Waals surface area (Å²) in [5, 5.41) is 10.6. The number of aromatic nitrogens is 1. The van der Waals surface area contributed by atoms with Gasteiger partial charge in [-0.05, 0) is 24.5 Å². The minimum Gasteiger partial charge on any atom is -0.268 e. The summed E-state index contributed by atoms with van der Waals surface area (Å²) in [5.41, 5.74) is 1.65. The number of rotatable bonds is 1. The van der Waals surface area contributed by atoms with Crippen molar-refractivity contribution >= 4 is 0 Å². The Morgan fingerprint density at radius 1 is 1.57 bits per heavy atom. The van der Waals surface area contributed by atoms with Crippen LogP contribution in [-0.2, 0) is 0 Å². The van der Waals surface area contributed by atoms with Gasteiger partial charge in [0.1, 0.15) is 6.07 Å². The Labute approximate surface area is 82.9 Å². The van der Waals surface area contributed by atoms with Crippen molar-refractivity contribution in [3.63, 3.8) is 0 Å². The monoisotopic (exact) mass is 188 g/mol. The first-order valence-corrected chi connectivity index (χ1v) is 4.67. The first-order valence-electron chi connectivity index (χ1n) is 4.67. The van der Waals surface area contributed by atoms with Gasteiger partial charge in [-0.1, -0.05) is 0 Å². The van der Waals surface area contributed by atoms with Crippen LogP contribution in [0, 0.1) is 11.3 Å². The fourth-order valence-corrected chi connectivity index (χ4v) is 1.85. The Bertz CT molecular complexity index is 369. The summed E-state index contributed by atoms with van der Waals surface area (Å²) in [6, 6.07) is 4.18. The van der Waals surface area contributed by atoms with Crippen molar-refractivity contribution in [3.05, 3.63) is 29.6 Å². The van der Waals surface area contributed by atoms with E-state index in [4.69, 9.17) is 11.1 Å². The third-order valence-electron chi connectivity index (χ3n) is 2.57. The quantitative estimate of drug-likeness (QED) is 0.667. The van der Waals surface area contributed by atoms with Crippen molar-refractivity contribution in [2.24, 2.45) is 5.84 Å². The molecule has 0 aliphatic carbocycles. The summed E-state index contributed by atoms with van der Waals surface area (Å²) in [7, 11) is 0. The summed E-state index contributed by atoms with van der Waals surface area (Å²) in [4.78, 5) is 4.03. The lowest BCUT2D eigenvalue weighted by molar-refractivity contribution is 0.265. The normalized spacial score (nSPS) is 22.1. The van der Waals surface area contributed by atoms with E-state index in [9.17, 15) is 0 Å². The molecule has 2 heterocycles. The van der Waals surface area contributed by atoms with Gasteiger partial charge in [0.25, 0.3) is 0 Å². The molecule has 1 atom stereocenters. The first-order chi connectivity index (χ1) is 6.81. The average Bonchev–Trinajstić information content (AvgIpc) is 2.65. The smallest absolute Gasteiger partial charge is 0.101 e. The molecule has 4 nitrogen and oxygen atoms in total. The van der Waals surface area contributed by atoms with Gasteiger partial charge in [-0.2, -0.15) is 5.26 Å². The van der Waals surface area contributed by atoms with Crippen molar-refractivity contribution in [1.29, 1.82) is 5.26 Å². The number of hydrogen-bond donors (Lipinski definition) is 1. The Morgan fingerprint density at radius 3 is 3.07 bits per heavy atom. The van der Waals surface area contributed by atoms with Crippen LogP contribution in [-0.4, -0.2) is 16.5 Å². The second kappa shape index (κ2) is 3.74. The summed E-state index contributed by atoms with van der Waals surface area (Å²) >= 11 is 0. The van der Waals surface area contributed by atoms with E-state index < -0.39 is 0 Å². The number of hydrazine groups is 1.